The van der Waals surface area contributed by atoms with E-state index in [0.29, 0.717) is 6.54 Å². The Morgan fingerprint density at radius 3 is 3.08 bits per heavy atom. The van der Waals surface area contributed by atoms with Crippen LogP contribution in [0.15, 0.2) is 12.3 Å². The Hall–Kier alpha value is -1.71. The molecule has 0 unspecified atom stereocenters. The Balaban J connectivity index is 2.46. The molecule has 0 aromatic carbocycles. The number of hydrogen-bond acceptors (Lipinski definition) is 2. The highest BCUT2D eigenvalue weighted by atomic mass is 16.4. The number of aromatic nitrogens is 1. The Kier molecular flexibility index (Phi) is 1.40. The standard InChI is InChI=1S/C8H8N2O2/c11-8(12)7-3-5-4-9-2-1-6(5)10-7/h1-3,9-10H,4H2,(H,11,12). The molecule has 0 aliphatic carbocycles. The van der Waals surface area contributed by atoms with Gasteiger partial charge in [0, 0.05) is 12.2 Å². The number of carboxylic acid groups (broad SMARTS) is 1. The van der Waals surface area contributed by atoms with Gasteiger partial charge in [-0.1, -0.05) is 0 Å². The second-order valence-electron chi connectivity index (χ2n) is 2.64. The van der Waals surface area contributed by atoms with Crippen LogP contribution in [-0.4, -0.2) is 16.1 Å². The van der Waals surface area contributed by atoms with E-state index in [1.165, 1.54) is 0 Å². The van der Waals surface area contributed by atoms with Crippen LogP contribution in [0.3, 0.4) is 0 Å². The third-order valence-corrected chi connectivity index (χ3v) is 1.82. The Bertz CT molecular complexity index is 352. The summed E-state index contributed by atoms with van der Waals surface area (Å²) in [5, 5.41) is 11.7. The first kappa shape index (κ1) is 6.97. The quantitative estimate of drug-likeness (QED) is 0.574. The first-order valence-corrected chi connectivity index (χ1v) is 3.62. The Morgan fingerprint density at radius 1 is 1.58 bits per heavy atom. The Morgan fingerprint density at radius 2 is 2.42 bits per heavy atom. The number of hydrogen-bond donors (Lipinski definition) is 3. The molecular weight excluding hydrogens is 156 g/mol. The molecule has 0 saturated heterocycles. The molecule has 12 heavy (non-hydrogen) atoms. The van der Waals surface area contributed by atoms with Gasteiger partial charge in [-0.25, -0.2) is 4.79 Å². The monoisotopic (exact) mass is 164 g/mol. The van der Waals surface area contributed by atoms with Crippen LogP contribution in [-0.2, 0) is 6.54 Å². The third-order valence-electron chi connectivity index (χ3n) is 1.82. The molecule has 62 valence electrons. The van der Waals surface area contributed by atoms with Gasteiger partial charge < -0.3 is 15.4 Å². The summed E-state index contributed by atoms with van der Waals surface area (Å²) in [5.41, 5.74) is 2.12. The first-order chi connectivity index (χ1) is 5.77. The molecule has 4 nitrogen and oxygen atoms in total. The lowest BCUT2D eigenvalue weighted by atomic mass is 10.2. The molecule has 0 atom stereocenters. The molecule has 0 fully saturated rings. The second-order valence-corrected chi connectivity index (χ2v) is 2.64. The molecule has 2 heterocycles. The molecule has 0 spiro atoms. The van der Waals surface area contributed by atoms with Gasteiger partial charge in [0.2, 0.25) is 0 Å². The highest BCUT2D eigenvalue weighted by Crippen LogP contribution is 2.15. The lowest BCUT2D eigenvalue weighted by molar-refractivity contribution is 0.0691. The van der Waals surface area contributed by atoms with E-state index in [1.807, 2.05) is 6.08 Å². The number of fused-ring (bicyclic) bond motifs is 1. The average molecular weight is 164 g/mol. The van der Waals surface area contributed by atoms with Crippen molar-refractivity contribution in [2.24, 2.45) is 0 Å². The van der Waals surface area contributed by atoms with Crippen LogP contribution in [0.2, 0.25) is 0 Å². The van der Waals surface area contributed by atoms with Gasteiger partial charge in [0.05, 0.1) is 0 Å². The molecule has 3 N–H and O–H groups in total. The lowest BCUT2D eigenvalue weighted by Gasteiger charge is -2.05. The van der Waals surface area contributed by atoms with E-state index in [4.69, 9.17) is 5.11 Å². The van der Waals surface area contributed by atoms with Gasteiger partial charge in [-0.05, 0) is 23.9 Å². The van der Waals surface area contributed by atoms with E-state index < -0.39 is 5.97 Å². The molecule has 0 bridgehead atoms. The number of carbonyl (C=O) groups is 1. The van der Waals surface area contributed by atoms with Crippen LogP contribution in [0, 0.1) is 0 Å². The molecule has 1 aliphatic heterocycles. The maximum Gasteiger partial charge on any atom is 0.352 e. The fourth-order valence-corrected chi connectivity index (χ4v) is 1.23. The zero-order valence-electron chi connectivity index (χ0n) is 6.29. The van der Waals surface area contributed by atoms with Gasteiger partial charge in [-0.15, -0.1) is 0 Å². The predicted molar refractivity (Wildman–Crippen MR) is 43.6 cm³/mol. The third kappa shape index (κ3) is 0.972. The van der Waals surface area contributed by atoms with Gasteiger partial charge in [0.1, 0.15) is 5.69 Å². The van der Waals surface area contributed by atoms with Gasteiger partial charge in [0.15, 0.2) is 0 Å². The van der Waals surface area contributed by atoms with E-state index in [9.17, 15) is 4.79 Å². The smallest absolute Gasteiger partial charge is 0.352 e. The van der Waals surface area contributed by atoms with Crippen LogP contribution in [0.5, 0.6) is 0 Å². The fourth-order valence-electron chi connectivity index (χ4n) is 1.23. The maximum atomic E-state index is 10.5. The summed E-state index contributed by atoms with van der Waals surface area (Å²) in [6.07, 6.45) is 3.62. The van der Waals surface area contributed by atoms with Crippen LogP contribution in [0.25, 0.3) is 6.08 Å². The zero-order valence-corrected chi connectivity index (χ0v) is 6.29. The number of aromatic amines is 1. The molecule has 1 aliphatic rings. The minimum absolute atomic E-state index is 0.244. The molecular formula is C8H8N2O2. The van der Waals surface area contributed by atoms with Crippen molar-refractivity contribution in [1.82, 2.24) is 10.3 Å². The van der Waals surface area contributed by atoms with Crippen molar-refractivity contribution in [3.63, 3.8) is 0 Å². The van der Waals surface area contributed by atoms with E-state index in [1.54, 1.807) is 12.3 Å². The zero-order chi connectivity index (χ0) is 8.55. The minimum Gasteiger partial charge on any atom is -0.477 e. The highest BCUT2D eigenvalue weighted by Gasteiger charge is 2.11. The van der Waals surface area contributed by atoms with Crippen LogP contribution in [0.4, 0.5) is 0 Å². The van der Waals surface area contributed by atoms with E-state index in [0.717, 1.165) is 11.3 Å². The summed E-state index contributed by atoms with van der Waals surface area (Å²) >= 11 is 0. The van der Waals surface area contributed by atoms with Crippen molar-refractivity contribution in [2.75, 3.05) is 0 Å². The average Bonchev–Trinajstić information content (AvgIpc) is 2.46. The van der Waals surface area contributed by atoms with E-state index >= 15 is 0 Å². The second kappa shape index (κ2) is 2.41. The summed E-state index contributed by atoms with van der Waals surface area (Å²) in [6, 6.07) is 1.65. The molecule has 0 radical (unpaired) electrons. The minimum atomic E-state index is -0.919. The van der Waals surface area contributed by atoms with Crippen molar-refractivity contribution in [3.8, 4) is 0 Å². The number of carboxylic acids is 1. The molecule has 0 saturated carbocycles. The topological polar surface area (TPSA) is 65.1 Å². The van der Waals surface area contributed by atoms with E-state index in [-0.39, 0.29) is 5.69 Å². The first-order valence-electron chi connectivity index (χ1n) is 3.62. The summed E-state index contributed by atoms with van der Waals surface area (Å²) < 4.78 is 0. The van der Waals surface area contributed by atoms with Gasteiger partial charge >= 0.3 is 5.97 Å². The predicted octanol–water partition coefficient (Wildman–Crippen LogP) is 0.787. The van der Waals surface area contributed by atoms with E-state index in [2.05, 4.69) is 10.3 Å². The van der Waals surface area contributed by atoms with Crippen LogP contribution < -0.4 is 5.32 Å². The van der Waals surface area contributed by atoms with Gasteiger partial charge in [-0.3, -0.25) is 0 Å². The molecule has 2 rings (SSSR count). The number of rotatable bonds is 1. The Labute approximate surface area is 68.9 Å². The van der Waals surface area contributed by atoms with Crippen molar-refractivity contribution in [2.45, 2.75) is 6.54 Å². The van der Waals surface area contributed by atoms with Crippen LogP contribution >= 0.6 is 0 Å². The van der Waals surface area contributed by atoms with Crippen molar-refractivity contribution in [3.05, 3.63) is 29.2 Å². The lowest BCUT2D eigenvalue weighted by Crippen LogP contribution is -2.08. The van der Waals surface area contributed by atoms with Crippen molar-refractivity contribution < 1.29 is 9.90 Å². The summed E-state index contributed by atoms with van der Waals surface area (Å²) in [6.45, 7) is 0.690. The molecule has 1 aromatic rings. The van der Waals surface area contributed by atoms with Gasteiger partial charge in [0.25, 0.3) is 0 Å². The number of H-pyrrole nitrogens is 1. The summed E-state index contributed by atoms with van der Waals surface area (Å²) in [4.78, 5) is 13.3. The maximum absolute atomic E-state index is 10.5. The largest absolute Gasteiger partial charge is 0.477 e. The van der Waals surface area contributed by atoms with Gasteiger partial charge in [-0.2, -0.15) is 0 Å². The molecule has 0 amide bonds. The SMILES string of the molecule is O=C(O)c1cc2c([nH]1)C=CNC2. The highest BCUT2D eigenvalue weighted by molar-refractivity contribution is 5.86. The molecule has 1 aromatic heterocycles. The van der Waals surface area contributed by atoms with Crippen molar-refractivity contribution >= 4 is 12.0 Å². The van der Waals surface area contributed by atoms with Crippen LogP contribution in [0.1, 0.15) is 21.7 Å². The molecule has 4 heteroatoms. The normalized spacial score (nSPS) is 13.7. The van der Waals surface area contributed by atoms with Crippen molar-refractivity contribution in [1.29, 1.82) is 0 Å². The fraction of sp³-hybridized carbons (Fsp3) is 0.125. The summed E-state index contributed by atoms with van der Waals surface area (Å²) in [7, 11) is 0. The number of nitrogens with one attached hydrogen (secondary N) is 2. The number of aromatic carboxylic acids is 1. The summed E-state index contributed by atoms with van der Waals surface area (Å²) in [5.74, 6) is -0.919.